The number of esters is 1. The number of carbonyl (C=O) groups excluding carboxylic acids is 1. The molecule has 0 fully saturated rings. The molecule has 0 saturated carbocycles. The molecule has 3 aromatic heterocycles. The highest BCUT2D eigenvalue weighted by Crippen LogP contribution is 2.39. The highest BCUT2D eigenvalue weighted by molar-refractivity contribution is 6.10. The van der Waals surface area contributed by atoms with Gasteiger partial charge in [0.15, 0.2) is 5.65 Å². The summed E-state index contributed by atoms with van der Waals surface area (Å²) < 4.78 is 10.9. The zero-order chi connectivity index (χ0) is 19.1. The predicted molar refractivity (Wildman–Crippen MR) is 99.5 cm³/mol. The summed E-state index contributed by atoms with van der Waals surface area (Å²) in [5.74, 6) is 0.846. The van der Waals surface area contributed by atoms with Gasteiger partial charge in [-0.05, 0) is 50.2 Å². The topological polar surface area (TPSA) is 101 Å². The van der Waals surface area contributed by atoms with Crippen LogP contribution in [0.25, 0.3) is 33.6 Å². The summed E-state index contributed by atoms with van der Waals surface area (Å²) in [6, 6.07) is 10.1. The molecule has 27 heavy (non-hydrogen) atoms. The van der Waals surface area contributed by atoms with Crippen molar-refractivity contribution in [2.24, 2.45) is 0 Å². The number of aryl methyl sites for hydroxylation is 2. The number of fused-ring (bicyclic) bond motifs is 1. The van der Waals surface area contributed by atoms with Crippen LogP contribution in [-0.2, 0) is 4.74 Å². The van der Waals surface area contributed by atoms with E-state index in [-0.39, 0.29) is 11.3 Å². The van der Waals surface area contributed by atoms with Gasteiger partial charge in [-0.3, -0.25) is 5.10 Å². The minimum atomic E-state index is -0.530. The van der Waals surface area contributed by atoms with Crippen LogP contribution in [0.5, 0.6) is 5.75 Å². The van der Waals surface area contributed by atoms with Crippen molar-refractivity contribution in [1.82, 2.24) is 15.2 Å². The maximum atomic E-state index is 12.8. The van der Waals surface area contributed by atoms with Gasteiger partial charge in [-0.1, -0.05) is 0 Å². The Kier molecular flexibility index (Phi) is 3.92. The molecule has 136 valence electrons. The van der Waals surface area contributed by atoms with E-state index in [1.807, 2.05) is 26.0 Å². The maximum absolute atomic E-state index is 12.8. The highest BCUT2D eigenvalue weighted by Gasteiger charge is 2.27. The van der Waals surface area contributed by atoms with E-state index in [2.05, 4.69) is 15.2 Å². The van der Waals surface area contributed by atoms with E-state index >= 15 is 0 Å². The number of benzene rings is 1. The number of hydrogen-bond donors (Lipinski definition) is 2. The molecule has 2 N–H and O–H groups in total. The third-order valence-electron chi connectivity index (χ3n) is 4.41. The number of aromatic amines is 1. The van der Waals surface area contributed by atoms with Crippen molar-refractivity contribution in [3.05, 3.63) is 53.4 Å². The number of phenolic OH excluding ortho intramolecular Hbond substituents is 1. The molecule has 4 aromatic rings. The first-order valence-electron chi connectivity index (χ1n) is 8.32. The zero-order valence-corrected chi connectivity index (χ0v) is 15.0. The fraction of sp³-hybridized carbons (Fsp3) is 0.150. The van der Waals surface area contributed by atoms with Crippen molar-refractivity contribution in [1.29, 1.82) is 0 Å². The summed E-state index contributed by atoms with van der Waals surface area (Å²) in [5, 5.41) is 17.4. The lowest BCUT2D eigenvalue weighted by Crippen LogP contribution is -2.08. The van der Waals surface area contributed by atoms with Crippen LogP contribution in [-0.4, -0.2) is 33.4 Å². The molecular weight excluding hydrogens is 346 g/mol. The fourth-order valence-corrected chi connectivity index (χ4v) is 3.16. The number of pyridine rings is 1. The van der Waals surface area contributed by atoms with Gasteiger partial charge in [0, 0.05) is 11.1 Å². The second kappa shape index (κ2) is 6.28. The quantitative estimate of drug-likeness (QED) is 0.534. The van der Waals surface area contributed by atoms with Crippen molar-refractivity contribution in [3.8, 4) is 28.3 Å². The van der Waals surface area contributed by atoms with E-state index in [1.165, 1.54) is 19.2 Å². The molecule has 3 heterocycles. The van der Waals surface area contributed by atoms with Crippen LogP contribution in [0.4, 0.5) is 0 Å². The first-order chi connectivity index (χ1) is 13.0. The van der Waals surface area contributed by atoms with E-state index in [4.69, 9.17) is 9.15 Å². The monoisotopic (exact) mass is 363 g/mol. The molecule has 4 rings (SSSR count). The zero-order valence-electron chi connectivity index (χ0n) is 15.0. The van der Waals surface area contributed by atoms with Crippen LogP contribution in [0.1, 0.15) is 21.8 Å². The first-order valence-corrected chi connectivity index (χ1v) is 8.32. The lowest BCUT2D eigenvalue weighted by Gasteiger charge is -2.13. The molecule has 0 saturated heterocycles. The Morgan fingerprint density at radius 1 is 1.15 bits per heavy atom. The molecule has 0 radical (unpaired) electrons. The van der Waals surface area contributed by atoms with Crippen LogP contribution in [0.3, 0.4) is 0 Å². The lowest BCUT2D eigenvalue weighted by atomic mass is 9.96. The van der Waals surface area contributed by atoms with Crippen molar-refractivity contribution >= 4 is 17.0 Å². The number of hydrogen-bond acceptors (Lipinski definition) is 6. The van der Waals surface area contributed by atoms with E-state index in [1.54, 1.807) is 12.1 Å². The highest BCUT2D eigenvalue weighted by atomic mass is 16.5. The number of rotatable bonds is 3. The number of ether oxygens (including phenoxy) is 1. The van der Waals surface area contributed by atoms with Gasteiger partial charge >= 0.3 is 5.97 Å². The number of methoxy groups -OCH3 is 1. The minimum absolute atomic E-state index is 0.124. The van der Waals surface area contributed by atoms with Gasteiger partial charge in [-0.15, -0.1) is 0 Å². The van der Waals surface area contributed by atoms with E-state index in [0.717, 1.165) is 5.76 Å². The second-order valence-electron chi connectivity index (χ2n) is 6.19. The summed E-state index contributed by atoms with van der Waals surface area (Å²) >= 11 is 0. The Morgan fingerprint density at radius 2 is 1.89 bits per heavy atom. The Bertz CT molecular complexity index is 1160. The van der Waals surface area contributed by atoms with Crippen molar-refractivity contribution in [2.75, 3.05) is 7.11 Å². The van der Waals surface area contributed by atoms with Crippen LogP contribution < -0.4 is 0 Å². The lowest BCUT2D eigenvalue weighted by molar-refractivity contribution is 0.0602. The summed E-state index contributed by atoms with van der Waals surface area (Å²) in [4.78, 5) is 17.4. The number of H-pyrrole nitrogens is 1. The number of nitrogens with zero attached hydrogens (tertiary/aromatic N) is 2. The Morgan fingerprint density at radius 3 is 2.52 bits per heavy atom. The molecule has 0 aliphatic heterocycles. The molecular formula is C20H17N3O4. The van der Waals surface area contributed by atoms with Gasteiger partial charge in [-0.25, -0.2) is 9.78 Å². The number of nitrogens with one attached hydrogen (secondary N) is 1. The average molecular weight is 363 g/mol. The molecule has 7 heteroatoms. The second-order valence-corrected chi connectivity index (χ2v) is 6.19. The van der Waals surface area contributed by atoms with Gasteiger partial charge in [0.1, 0.15) is 17.3 Å². The minimum Gasteiger partial charge on any atom is -0.508 e. The number of furan rings is 1. The Hall–Kier alpha value is -3.61. The van der Waals surface area contributed by atoms with E-state index in [0.29, 0.717) is 39.3 Å². The third kappa shape index (κ3) is 2.73. The third-order valence-corrected chi connectivity index (χ3v) is 4.41. The smallest absolute Gasteiger partial charge is 0.340 e. The Labute approximate surface area is 154 Å². The summed E-state index contributed by atoms with van der Waals surface area (Å²) in [7, 11) is 1.33. The molecule has 7 nitrogen and oxygen atoms in total. The van der Waals surface area contributed by atoms with Crippen LogP contribution in [0.15, 0.2) is 40.8 Å². The van der Waals surface area contributed by atoms with Gasteiger partial charge in [0.25, 0.3) is 0 Å². The summed E-state index contributed by atoms with van der Waals surface area (Å²) in [5.41, 5.74) is 3.17. The average Bonchev–Trinajstić information content (AvgIpc) is 3.26. The molecule has 0 bridgehead atoms. The molecule has 0 atom stereocenters. The normalized spacial score (nSPS) is 11.1. The first kappa shape index (κ1) is 16.8. The number of carbonyl (C=O) groups is 1. The standard InChI is InChI=1S/C20H17N3O4/c1-10-4-9-14(27-10)16-15-11(2)22-23-19(15)21-18(17(16)20(25)26-3)12-5-7-13(24)8-6-12/h4-9,24H,1-3H3,(H,21,22,23). The number of phenols is 1. The number of aromatic nitrogens is 3. The van der Waals surface area contributed by atoms with Gasteiger partial charge in [0.2, 0.25) is 0 Å². The molecule has 0 amide bonds. The van der Waals surface area contributed by atoms with Gasteiger partial charge in [-0.2, -0.15) is 5.10 Å². The van der Waals surface area contributed by atoms with Crippen molar-refractivity contribution in [2.45, 2.75) is 13.8 Å². The number of aromatic hydroxyl groups is 1. The predicted octanol–water partition coefficient (Wildman–Crippen LogP) is 3.99. The van der Waals surface area contributed by atoms with Gasteiger partial charge < -0.3 is 14.3 Å². The molecule has 0 unspecified atom stereocenters. The SMILES string of the molecule is COC(=O)c1c(-c2ccc(O)cc2)nc2[nH]nc(C)c2c1-c1ccc(C)o1. The molecule has 0 aliphatic carbocycles. The summed E-state index contributed by atoms with van der Waals surface area (Å²) in [6.07, 6.45) is 0. The van der Waals surface area contributed by atoms with Crippen molar-refractivity contribution in [3.63, 3.8) is 0 Å². The van der Waals surface area contributed by atoms with Crippen molar-refractivity contribution < 1.29 is 19.1 Å². The van der Waals surface area contributed by atoms with Crippen LogP contribution in [0, 0.1) is 13.8 Å². The van der Waals surface area contributed by atoms with E-state index < -0.39 is 5.97 Å². The van der Waals surface area contributed by atoms with Gasteiger partial charge in [0.05, 0.1) is 29.4 Å². The molecule has 0 aliphatic rings. The van der Waals surface area contributed by atoms with Crippen LogP contribution >= 0.6 is 0 Å². The largest absolute Gasteiger partial charge is 0.508 e. The molecule has 0 spiro atoms. The summed E-state index contributed by atoms with van der Waals surface area (Å²) in [6.45, 7) is 3.67. The van der Waals surface area contributed by atoms with Crippen LogP contribution in [0.2, 0.25) is 0 Å². The Balaban J connectivity index is 2.15. The molecule has 1 aromatic carbocycles. The maximum Gasteiger partial charge on any atom is 0.340 e. The van der Waals surface area contributed by atoms with E-state index in [9.17, 15) is 9.90 Å². The fourth-order valence-electron chi connectivity index (χ4n) is 3.16.